The number of hydrogen-bond acceptors (Lipinski definition) is 11. The minimum Gasteiger partial charge on any atom is -0.473 e. The molecule has 0 N–H and O–H groups in total. The number of benzene rings is 1. The lowest BCUT2D eigenvalue weighted by Gasteiger charge is -2.29. The topological polar surface area (TPSA) is 140 Å². The summed E-state index contributed by atoms with van der Waals surface area (Å²) in [6.07, 6.45) is 1.92. The van der Waals surface area contributed by atoms with Gasteiger partial charge < -0.3 is 23.8 Å². The maximum absolute atomic E-state index is 15.8. The van der Waals surface area contributed by atoms with E-state index >= 15 is 4.39 Å². The molecular weight excluding hydrogens is 653 g/mol. The van der Waals surface area contributed by atoms with Crippen molar-refractivity contribution >= 4 is 51.7 Å². The molecule has 0 saturated carbocycles. The van der Waals surface area contributed by atoms with Crippen molar-refractivity contribution in [1.29, 1.82) is 5.26 Å². The first kappa shape index (κ1) is 35.8. The maximum Gasteiger partial charge on any atom is 0.508 e. The number of amides is 1. The van der Waals surface area contributed by atoms with Crippen LogP contribution in [0.4, 0.5) is 29.3 Å². The summed E-state index contributed by atoms with van der Waals surface area (Å²) in [5.74, 6) is -5.15. The summed E-state index contributed by atoms with van der Waals surface area (Å²) in [7, 11) is 0. The van der Waals surface area contributed by atoms with Crippen molar-refractivity contribution in [2.24, 2.45) is 0 Å². The maximum atomic E-state index is 15.8. The smallest absolute Gasteiger partial charge is 0.473 e. The highest BCUT2D eigenvalue weighted by atomic mass is 32.1. The molecule has 1 fully saturated rings. The average Bonchev–Trinajstić information content (AvgIpc) is 3.17. The van der Waals surface area contributed by atoms with E-state index in [1.807, 2.05) is 0 Å². The first-order valence-corrected chi connectivity index (χ1v) is 15.1. The number of aromatic nitrogens is 3. The first-order valence-electron chi connectivity index (χ1n) is 14.7. The number of thiocarbonyl (C=S) groups is 1. The van der Waals surface area contributed by atoms with Gasteiger partial charge in [-0.2, -0.15) is 24.0 Å². The van der Waals surface area contributed by atoms with Gasteiger partial charge in [0.2, 0.25) is 5.88 Å². The standard InChI is InChI=1S/C32H33F3N6O6S/c1-8-10-32(34,35)21-14-19(17-37-23(21)16-36)40-26(42)31(6,7)41(28(40)48)18-13-20-24(22(33)15-18)38-27(44-9-2)39-25(20)45-11-12-46-29(43)47-30(3,4)5/h8,10,13-15,17H,9,11-12H2,1-7H3/b10-8+. The zero-order chi connectivity index (χ0) is 35.6. The van der Waals surface area contributed by atoms with Crippen LogP contribution in [0.1, 0.15) is 59.7 Å². The van der Waals surface area contributed by atoms with Gasteiger partial charge in [-0.1, -0.05) is 6.08 Å². The Bertz CT molecular complexity index is 1840. The van der Waals surface area contributed by atoms with Crippen LogP contribution in [-0.2, 0) is 20.2 Å². The number of ether oxygens (including phenoxy) is 4. The quantitative estimate of drug-likeness (QED) is 0.102. The molecule has 2 aromatic heterocycles. The molecule has 0 unspecified atom stereocenters. The summed E-state index contributed by atoms with van der Waals surface area (Å²) in [5, 5.41) is 9.33. The van der Waals surface area contributed by atoms with Crippen molar-refractivity contribution in [3.05, 3.63) is 53.6 Å². The van der Waals surface area contributed by atoms with Crippen LogP contribution in [0.5, 0.6) is 11.9 Å². The predicted molar refractivity (Wildman–Crippen MR) is 173 cm³/mol. The van der Waals surface area contributed by atoms with Gasteiger partial charge in [-0.05, 0) is 85.0 Å². The van der Waals surface area contributed by atoms with Crippen LogP contribution < -0.4 is 19.3 Å². The second-order valence-corrected chi connectivity index (χ2v) is 12.2. The van der Waals surface area contributed by atoms with Gasteiger partial charge in [0.25, 0.3) is 11.8 Å². The van der Waals surface area contributed by atoms with E-state index in [1.54, 1.807) is 33.8 Å². The van der Waals surface area contributed by atoms with Crippen LogP contribution in [0, 0.1) is 17.1 Å². The minimum atomic E-state index is -3.57. The summed E-state index contributed by atoms with van der Waals surface area (Å²) >= 11 is 5.67. The van der Waals surface area contributed by atoms with Crippen molar-refractivity contribution in [1.82, 2.24) is 15.0 Å². The fraction of sp³-hybridized carbons (Fsp3) is 0.406. The number of fused-ring (bicyclic) bond motifs is 1. The van der Waals surface area contributed by atoms with Crippen molar-refractivity contribution < 1.29 is 41.7 Å². The Hall–Kier alpha value is -5.04. The fourth-order valence-corrected chi connectivity index (χ4v) is 5.30. The van der Waals surface area contributed by atoms with E-state index in [9.17, 15) is 23.6 Å². The summed E-state index contributed by atoms with van der Waals surface area (Å²) < 4.78 is 67.0. The van der Waals surface area contributed by atoms with Crippen molar-refractivity contribution in [2.45, 2.75) is 65.5 Å². The van der Waals surface area contributed by atoms with Crippen LogP contribution in [-0.4, -0.2) is 63.1 Å². The third-order valence-electron chi connectivity index (χ3n) is 6.79. The van der Waals surface area contributed by atoms with Gasteiger partial charge in [-0.15, -0.1) is 0 Å². The fourth-order valence-electron chi connectivity index (χ4n) is 4.78. The van der Waals surface area contributed by atoms with Gasteiger partial charge in [0, 0.05) is 5.69 Å². The van der Waals surface area contributed by atoms with Crippen LogP contribution in [0.15, 0.2) is 36.5 Å². The third-order valence-corrected chi connectivity index (χ3v) is 7.15. The first-order chi connectivity index (χ1) is 22.4. The molecule has 0 spiro atoms. The number of carbonyl (C=O) groups is 2. The van der Waals surface area contributed by atoms with E-state index in [0.717, 1.165) is 29.3 Å². The highest BCUT2D eigenvalue weighted by molar-refractivity contribution is 7.81. The SMILES string of the molecule is C/C=C/C(F)(F)c1cc(N2C(=O)C(C)(C)N(c3cc(F)c4nc(OCC)nc(OCCOC(=O)OC(C)(C)C)c4c3)C2=S)cnc1C#N. The average molecular weight is 687 g/mol. The van der Waals surface area contributed by atoms with E-state index in [4.69, 9.17) is 31.2 Å². The molecule has 0 radical (unpaired) electrons. The number of alkyl halides is 2. The van der Waals surface area contributed by atoms with E-state index in [2.05, 4.69) is 15.0 Å². The van der Waals surface area contributed by atoms with Gasteiger partial charge in [-0.3, -0.25) is 9.69 Å². The Morgan fingerprint density at radius 3 is 2.46 bits per heavy atom. The van der Waals surface area contributed by atoms with E-state index in [-0.39, 0.29) is 59.1 Å². The van der Waals surface area contributed by atoms with Crippen LogP contribution in [0.2, 0.25) is 0 Å². The van der Waals surface area contributed by atoms with E-state index < -0.39 is 46.2 Å². The molecule has 12 nitrogen and oxygen atoms in total. The highest BCUT2D eigenvalue weighted by Crippen LogP contribution is 2.41. The zero-order valence-corrected chi connectivity index (χ0v) is 28.1. The molecule has 16 heteroatoms. The Kier molecular flexibility index (Phi) is 10.1. The molecule has 0 bridgehead atoms. The largest absolute Gasteiger partial charge is 0.508 e. The number of pyridine rings is 1. The lowest BCUT2D eigenvalue weighted by molar-refractivity contribution is -0.120. The van der Waals surface area contributed by atoms with Gasteiger partial charge in [0.15, 0.2) is 10.9 Å². The van der Waals surface area contributed by atoms with Crippen molar-refractivity contribution in [3.8, 4) is 18.0 Å². The summed E-state index contributed by atoms with van der Waals surface area (Å²) in [6.45, 7) is 10.9. The molecule has 3 heterocycles. The lowest BCUT2D eigenvalue weighted by Crippen LogP contribution is -2.44. The van der Waals surface area contributed by atoms with Gasteiger partial charge in [0.1, 0.15) is 41.6 Å². The molecule has 1 aliphatic rings. The molecular formula is C32H33F3N6O6S. The molecule has 1 amide bonds. The number of anilines is 2. The van der Waals surface area contributed by atoms with Crippen LogP contribution in [0.3, 0.4) is 0 Å². The van der Waals surface area contributed by atoms with Crippen molar-refractivity contribution in [2.75, 3.05) is 29.6 Å². The Morgan fingerprint density at radius 2 is 1.83 bits per heavy atom. The number of carbonyl (C=O) groups excluding carboxylic acids is 2. The predicted octanol–water partition coefficient (Wildman–Crippen LogP) is 6.35. The number of nitrogens with zero attached hydrogens (tertiary/aromatic N) is 6. The molecule has 0 aliphatic carbocycles. The van der Waals surface area contributed by atoms with E-state index in [0.29, 0.717) is 6.08 Å². The molecule has 3 aromatic rings. The number of nitriles is 1. The second-order valence-electron chi connectivity index (χ2n) is 11.9. The Morgan fingerprint density at radius 1 is 1.12 bits per heavy atom. The van der Waals surface area contributed by atoms with Gasteiger partial charge in [0.05, 0.1) is 29.4 Å². The molecule has 1 saturated heterocycles. The van der Waals surface area contributed by atoms with Crippen LogP contribution in [0.25, 0.3) is 10.9 Å². The summed E-state index contributed by atoms with van der Waals surface area (Å²) in [4.78, 5) is 40.3. The molecule has 1 aromatic carbocycles. The third kappa shape index (κ3) is 7.25. The molecule has 1 aliphatic heterocycles. The van der Waals surface area contributed by atoms with Crippen molar-refractivity contribution in [3.63, 3.8) is 0 Å². The highest BCUT2D eigenvalue weighted by Gasteiger charge is 2.51. The minimum absolute atomic E-state index is 0.0727. The molecule has 48 heavy (non-hydrogen) atoms. The van der Waals surface area contributed by atoms with Gasteiger partial charge in [-0.25, -0.2) is 14.2 Å². The number of allylic oxidation sites excluding steroid dienone is 2. The number of rotatable bonds is 10. The second kappa shape index (κ2) is 13.6. The summed E-state index contributed by atoms with van der Waals surface area (Å²) in [5.41, 5.74) is -3.65. The van der Waals surface area contributed by atoms with E-state index in [1.165, 1.54) is 31.7 Å². The molecule has 254 valence electrons. The van der Waals surface area contributed by atoms with Crippen LogP contribution >= 0.6 is 12.2 Å². The monoisotopic (exact) mass is 686 g/mol. The molecule has 4 rings (SSSR count). The lowest BCUT2D eigenvalue weighted by atomic mass is 10.0. The number of halogens is 3. The zero-order valence-electron chi connectivity index (χ0n) is 27.3. The number of hydrogen-bond donors (Lipinski definition) is 0. The Labute approximate surface area is 280 Å². The summed E-state index contributed by atoms with van der Waals surface area (Å²) in [6, 6.07) is 5.01. The molecule has 0 atom stereocenters. The Balaban J connectivity index is 1.74. The normalized spacial score (nSPS) is 14.9. The van der Waals surface area contributed by atoms with Gasteiger partial charge >= 0.3 is 12.2 Å².